The molecule has 1 nitrogen and oxygen atoms in total. The molecular formula is C18H37N. The molecule has 19 heavy (non-hydrogen) atoms. The van der Waals surface area contributed by atoms with E-state index in [1.807, 2.05) is 0 Å². The van der Waals surface area contributed by atoms with Gasteiger partial charge < -0.3 is 5.32 Å². The monoisotopic (exact) mass is 267 g/mol. The minimum atomic E-state index is 0.526. The summed E-state index contributed by atoms with van der Waals surface area (Å²) in [4.78, 5) is 0. The average molecular weight is 268 g/mol. The Morgan fingerprint density at radius 2 is 1.37 bits per heavy atom. The lowest BCUT2D eigenvalue weighted by atomic mass is 9.78. The van der Waals surface area contributed by atoms with Crippen molar-refractivity contribution < 1.29 is 0 Å². The zero-order valence-electron chi connectivity index (χ0n) is 13.6. The Kier molecular flexibility index (Phi) is 9.59. The second-order valence-electron chi connectivity index (χ2n) is 6.64. The quantitative estimate of drug-likeness (QED) is 0.464. The van der Waals surface area contributed by atoms with Gasteiger partial charge in [-0.3, -0.25) is 0 Å². The molecule has 0 aromatic carbocycles. The second-order valence-corrected chi connectivity index (χ2v) is 6.64. The summed E-state index contributed by atoms with van der Waals surface area (Å²) in [6.45, 7) is 5.85. The molecule has 0 amide bonds. The fraction of sp³-hybridized carbons (Fsp3) is 1.00. The molecule has 1 fully saturated rings. The van der Waals surface area contributed by atoms with Gasteiger partial charge >= 0.3 is 0 Å². The zero-order valence-corrected chi connectivity index (χ0v) is 13.6. The Hall–Kier alpha value is -0.0400. The molecule has 0 aromatic heterocycles. The predicted octanol–water partition coefficient (Wildman–Crippen LogP) is 5.83. The minimum absolute atomic E-state index is 0.526. The highest BCUT2D eigenvalue weighted by atomic mass is 15.0. The van der Waals surface area contributed by atoms with Crippen molar-refractivity contribution >= 4 is 0 Å². The first-order chi connectivity index (χ1) is 9.33. The molecule has 0 aromatic rings. The topological polar surface area (TPSA) is 12.0 Å². The third-order valence-electron chi connectivity index (χ3n) is 4.85. The van der Waals surface area contributed by atoms with Crippen LogP contribution in [0.5, 0.6) is 0 Å². The molecule has 0 heterocycles. The van der Waals surface area contributed by atoms with Crippen LogP contribution in [-0.2, 0) is 0 Å². The summed E-state index contributed by atoms with van der Waals surface area (Å²) in [5.74, 6) is 0. The van der Waals surface area contributed by atoms with Gasteiger partial charge in [0, 0.05) is 5.54 Å². The molecule has 0 saturated heterocycles. The van der Waals surface area contributed by atoms with Crippen LogP contribution in [0, 0.1) is 0 Å². The fourth-order valence-corrected chi connectivity index (χ4v) is 3.54. The third kappa shape index (κ3) is 7.34. The first kappa shape index (κ1) is 17.0. The fourth-order valence-electron chi connectivity index (χ4n) is 3.54. The summed E-state index contributed by atoms with van der Waals surface area (Å²) in [5.41, 5.74) is 0.526. The highest BCUT2D eigenvalue weighted by Gasteiger charge is 2.30. The van der Waals surface area contributed by atoms with Gasteiger partial charge in [0.2, 0.25) is 0 Å². The largest absolute Gasteiger partial charge is 0.311 e. The summed E-state index contributed by atoms with van der Waals surface area (Å²) in [6.07, 6.45) is 19.9. The zero-order chi connectivity index (χ0) is 13.8. The molecule has 0 atom stereocenters. The number of hydrogen-bond donors (Lipinski definition) is 1. The summed E-state index contributed by atoms with van der Waals surface area (Å²) in [5, 5.41) is 3.96. The van der Waals surface area contributed by atoms with Gasteiger partial charge in [0.25, 0.3) is 0 Å². The van der Waals surface area contributed by atoms with Crippen molar-refractivity contribution in [2.75, 3.05) is 6.54 Å². The third-order valence-corrected chi connectivity index (χ3v) is 4.85. The Morgan fingerprint density at radius 3 is 2.05 bits per heavy atom. The molecule has 114 valence electrons. The molecule has 1 aliphatic rings. The van der Waals surface area contributed by atoms with Crippen LogP contribution >= 0.6 is 0 Å². The van der Waals surface area contributed by atoms with E-state index in [0.29, 0.717) is 5.54 Å². The second kappa shape index (κ2) is 10.7. The van der Waals surface area contributed by atoms with Crippen LogP contribution in [0.4, 0.5) is 0 Å². The van der Waals surface area contributed by atoms with Gasteiger partial charge in [-0.1, -0.05) is 78.1 Å². The first-order valence-electron chi connectivity index (χ1n) is 9.08. The van der Waals surface area contributed by atoms with E-state index in [1.54, 1.807) is 0 Å². The SMILES string of the molecule is CCCCCCCC1(NCCCCC)CCCCC1. The smallest absolute Gasteiger partial charge is 0.0181 e. The Balaban J connectivity index is 2.24. The Labute approximate surface area is 121 Å². The lowest BCUT2D eigenvalue weighted by Crippen LogP contribution is -2.47. The maximum atomic E-state index is 3.96. The van der Waals surface area contributed by atoms with E-state index in [4.69, 9.17) is 0 Å². The summed E-state index contributed by atoms with van der Waals surface area (Å²) < 4.78 is 0. The van der Waals surface area contributed by atoms with Crippen LogP contribution in [0.2, 0.25) is 0 Å². The molecule has 0 unspecified atom stereocenters. The van der Waals surface area contributed by atoms with Gasteiger partial charge in [0.15, 0.2) is 0 Å². The van der Waals surface area contributed by atoms with Gasteiger partial charge in [-0.15, -0.1) is 0 Å². The Bertz CT molecular complexity index is 194. The molecule has 1 heteroatoms. The summed E-state index contributed by atoms with van der Waals surface area (Å²) in [7, 11) is 0. The van der Waals surface area contributed by atoms with Crippen molar-refractivity contribution in [1.29, 1.82) is 0 Å². The molecule has 1 N–H and O–H groups in total. The van der Waals surface area contributed by atoms with Gasteiger partial charge in [0.1, 0.15) is 0 Å². The first-order valence-corrected chi connectivity index (χ1v) is 9.08. The normalized spacial score (nSPS) is 18.6. The molecule has 1 aliphatic carbocycles. The van der Waals surface area contributed by atoms with E-state index in [9.17, 15) is 0 Å². The van der Waals surface area contributed by atoms with Gasteiger partial charge in [-0.05, 0) is 32.2 Å². The van der Waals surface area contributed by atoms with Gasteiger partial charge in [-0.25, -0.2) is 0 Å². The molecule has 1 rings (SSSR count). The van der Waals surface area contributed by atoms with Crippen molar-refractivity contribution in [3.8, 4) is 0 Å². The van der Waals surface area contributed by atoms with Gasteiger partial charge in [-0.2, -0.15) is 0 Å². The van der Waals surface area contributed by atoms with E-state index in [1.165, 1.54) is 96.4 Å². The molecule has 1 saturated carbocycles. The van der Waals surface area contributed by atoms with Crippen LogP contribution < -0.4 is 5.32 Å². The summed E-state index contributed by atoms with van der Waals surface area (Å²) >= 11 is 0. The predicted molar refractivity (Wildman–Crippen MR) is 86.7 cm³/mol. The molecule has 0 spiro atoms. The van der Waals surface area contributed by atoms with Crippen molar-refractivity contribution in [3.63, 3.8) is 0 Å². The van der Waals surface area contributed by atoms with E-state index in [-0.39, 0.29) is 0 Å². The summed E-state index contributed by atoms with van der Waals surface area (Å²) in [6, 6.07) is 0. The molecule has 0 aliphatic heterocycles. The molecule has 0 radical (unpaired) electrons. The van der Waals surface area contributed by atoms with Crippen molar-refractivity contribution in [3.05, 3.63) is 0 Å². The van der Waals surface area contributed by atoms with E-state index < -0.39 is 0 Å². The minimum Gasteiger partial charge on any atom is -0.311 e. The van der Waals surface area contributed by atoms with E-state index in [0.717, 1.165) is 0 Å². The van der Waals surface area contributed by atoms with Crippen LogP contribution in [-0.4, -0.2) is 12.1 Å². The average Bonchev–Trinajstić information content (AvgIpc) is 2.45. The van der Waals surface area contributed by atoms with Crippen LogP contribution in [0.1, 0.15) is 104 Å². The standard InChI is InChI=1S/C18H37N/c1-3-5-7-8-10-14-18(15-11-9-12-16-18)19-17-13-6-4-2/h19H,3-17H2,1-2H3. The molecule has 0 bridgehead atoms. The van der Waals surface area contributed by atoms with E-state index in [2.05, 4.69) is 19.2 Å². The number of nitrogens with one attached hydrogen (secondary N) is 1. The van der Waals surface area contributed by atoms with E-state index >= 15 is 0 Å². The lowest BCUT2D eigenvalue weighted by molar-refractivity contribution is 0.208. The molecular weight excluding hydrogens is 230 g/mol. The highest BCUT2D eigenvalue weighted by Crippen LogP contribution is 2.32. The van der Waals surface area contributed by atoms with Crippen molar-refractivity contribution in [1.82, 2.24) is 5.32 Å². The number of unbranched alkanes of at least 4 members (excludes halogenated alkanes) is 6. The van der Waals surface area contributed by atoms with Crippen LogP contribution in [0.3, 0.4) is 0 Å². The lowest BCUT2D eigenvalue weighted by Gasteiger charge is -2.39. The van der Waals surface area contributed by atoms with Crippen molar-refractivity contribution in [2.45, 2.75) is 109 Å². The number of hydrogen-bond acceptors (Lipinski definition) is 1. The number of rotatable bonds is 11. The maximum absolute atomic E-state index is 3.96. The Morgan fingerprint density at radius 1 is 0.737 bits per heavy atom. The maximum Gasteiger partial charge on any atom is 0.0181 e. The van der Waals surface area contributed by atoms with Gasteiger partial charge in [0.05, 0.1) is 0 Å². The van der Waals surface area contributed by atoms with Crippen LogP contribution in [0.25, 0.3) is 0 Å². The van der Waals surface area contributed by atoms with Crippen molar-refractivity contribution in [2.24, 2.45) is 0 Å². The highest BCUT2D eigenvalue weighted by molar-refractivity contribution is 4.90. The van der Waals surface area contributed by atoms with Crippen LogP contribution in [0.15, 0.2) is 0 Å².